The molecule has 8 heteroatoms. The number of carbonyl (C=O) groups excluding carboxylic acids is 1. The van der Waals surface area contributed by atoms with Crippen LogP contribution in [0.25, 0.3) is 0 Å². The molecule has 0 bridgehead atoms. The topological polar surface area (TPSA) is 84.3 Å². The van der Waals surface area contributed by atoms with Crippen LogP contribution in [0.1, 0.15) is 10.4 Å². The van der Waals surface area contributed by atoms with Crippen molar-refractivity contribution in [2.75, 3.05) is 36.3 Å². The van der Waals surface area contributed by atoms with Gasteiger partial charge in [-0.2, -0.15) is 5.10 Å². The van der Waals surface area contributed by atoms with Crippen molar-refractivity contribution >= 4 is 27.2 Å². The summed E-state index contributed by atoms with van der Waals surface area (Å²) in [6.07, 6.45) is 2.81. The molecule has 2 aromatic rings. The van der Waals surface area contributed by atoms with Gasteiger partial charge in [-0.1, -0.05) is 0 Å². The number of aromatic nitrogens is 2. The number of hydrogen-bond donors (Lipinski definition) is 1. The number of sulfone groups is 1. The Bertz CT molecular complexity index is 779. The van der Waals surface area contributed by atoms with Crippen molar-refractivity contribution in [1.29, 1.82) is 0 Å². The molecule has 0 aliphatic rings. The Morgan fingerprint density at radius 1 is 1.22 bits per heavy atom. The maximum Gasteiger partial charge on any atom is 0.256 e. The van der Waals surface area contributed by atoms with Gasteiger partial charge in [-0.25, -0.2) is 8.42 Å². The SMILES string of the molecule is CN(C)c1ccc(C(=O)Nc2ccn(CCS(C)(=O)=O)n2)cc1. The molecule has 0 aliphatic heterocycles. The van der Waals surface area contributed by atoms with Gasteiger partial charge >= 0.3 is 0 Å². The van der Waals surface area contributed by atoms with Crippen LogP contribution in [0.5, 0.6) is 0 Å². The van der Waals surface area contributed by atoms with E-state index in [1.807, 2.05) is 31.1 Å². The van der Waals surface area contributed by atoms with Gasteiger partial charge < -0.3 is 10.2 Å². The first kappa shape index (κ1) is 17.0. The van der Waals surface area contributed by atoms with Gasteiger partial charge in [0, 0.05) is 43.9 Å². The molecule has 1 N–H and O–H groups in total. The number of anilines is 2. The number of nitrogens with one attached hydrogen (secondary N) is 1. The molecule has 0 aliphatic carbocycles. The summed E-state index contributed by atoms with van der Waals surface area (Å²) < 4.78 is 23.8. The van der Waals surface area contributed by atoms with Crippen LogP contribution in [0.3, 0.4) is 0 Å². The van der Waals surface area contributed by atoms with Gasteiger partial charge in [0.2, 0.25) is 0 Å². The third-order valence-corrected chi connectivity index (χ3v) is 4.14. The Morgan fingerprint density at radius 3 is 2.43 bits per heavy atom. The molecule has 0 saturated carbocycles. The molecule has 23 heavy (non-hydrogen) atoms. The number of rotatable bonds is 6. The molecule has 124 valence electrons. The zero-order valence-corrected chi connectivity index (χ0v) is 14.2. The van der Waals surface area contributed by atoms with Gasteiger partial charge in [-0.15, -0.1) is 0 Å². The Morgan fingerprint density at radius 2 is 1.87 bits per heavy atom. The molecular formula is C15H20N4O3S. The van der Waals surface area contributed by atoms with Gasteiger partial charge in [-0.3, -0.25) is 9.48 Å². The summed E-state index contributed by atoms with van der Waals surface area (Å²) >= 11 is 0. The number of amides is 1. The van der Waals surface area contributed by atoms with E-state index in [9.17, 15) is 13.2 Å². The molecule has 0 radical (unpaired) electrons. The van der Waals surface area contributed by atoms with E-state index in [2.05, 4.69) is 10.4 Å². The molecule has 1 amide bonds. The Balaban J connectivity index is 1.99. The van der Waals surface area contributed by atoms with Crippen LogP contribution in [0.2, 0.25) is 0 Å². The fourth-order valence-corrected chi connectivity index (χ4v) is 2.43. The quantitative estimate of drug-likeness (QED) is 0.858. The second-order valence-corrected chi connectivity index (χ2v) is 7.75. The molecule has 0 spiro atoms. The van der Waals surface area contributed by atoms with Gasteiger partial charge in [0.05, 0.1) is 12.3 Å². The lowest BCUT2D eigenvalue weighted by Crippen LogP contribution is -2.15. The summed E-state index contributed by atoms with van der Waals surface area (Å²) in [6.45, 7) is 0.256. The van der Waals surface area contributed by atoms with Gasteiger partial charge in [0.25, 0.3) is 5.91 Å². The van der Waals surface area contributed by atoms with Crippen LogP contribution in [-0.4, -0.2) is 50.2 Å². The molecule has 7 nitrogen and oxygen atoms in total. The number of carbonyl (C=O) groups is 1. The third-order valence-electron chi connectivity index (χ3n) is 3.22. The van der Waals surface area contributed by atoms with Crippen molar-refractivity contribution in [2.24, 2.45) is 0 Å². The average Bonchev–Trinajstić information content (AvgIpc) is 2.92. The monoisotopic (exact) mass is 336 g/mol. The zero-order valence-electron chi connectivity index (χ0n) is 13.4. The molecule has 0 atom stereocenters. The van der Waals surface area contributed by atoms with E-state index in [1.165, 1.54) is 10.9 Å². The molecule has 1 heterocycles. The van der Waals surface area contributed by atoms with Crippen molar-refractivity contribution in [3.05, 3.63) is 42.1 Å². The summed E-state index contributed by atoms with van der Waals surface area (Å²) in [5, 5.41) is 6.83. The van der Waals surface area contributed by atoms with Crippen LogP contribution in [0.15, 0.2) is 36.5 Å². The van der Waals surface area contributed by atoms with Crippen LogP contribution < -0.4 is 10.2 Å². The van der Waals surface area contributed by atoms with E-state index >= 15 is 0 Å². The van der Waals surface area contributed by atoms with Crippen molar-refractivity contribution < 1.29 is 13.2 Å². The highest BCUT2D eigenvalue weighted by molar-refractivity contribution is 7.90. The molecule has 0 fully saturated rings. The van der Waals surface area contributed by atoms with E-state index in [1.54, 1.807) is 24.4 Å². The minimum atomic E-state index is -3.04. The van der Waals surface area contributed by atoms with Gasteiger partial charge in [-0.05, 0) is 24.3 Å². The van der Waals surface area contributed by atoms with Crippen LogP contribution in [-0.2, 0) is 16.4 Å². The molecule has 0 unspecified atom stereocenters. The van der Waals surface area contributed by atoms with E-state index < -0.39 is 9.84 Å². The summed E-state index contributed by atoms with van der Waals surface area (Å²) in [6, 6.07) is 8.84. The molecular weight excluding hydrogens is 316 g/mol. The zero-order chi connectivity index (χ0) is 17.0. The van der Waals surface area contributed by atoms with Crippen molar-refractivity contribution in [2.45, 2.75) is 6.54 Å². The summed E-state index contributed by atoms with van der Waals surface area (Å²) in [5.74, 6) is 0.137. The number of benzene rings is 1. The summed E-state index contributed by atoms with van der Waals surface area (Å²) in [5.41, 5.74) is 1.54. The van der Waals surface area contributed by atoms with Crippen molar-refractivity contribution in [3.63, 3.8) is 0 Å². The maximum atomic E-state index is 12.2. The van der Waals surface area contributed by atoms with Crippen LogP contribution in [0.4, 0.5) is 11.5 Å². The summed E-state index contributed by atoms with van der Waals surface area (Å²) in [7, 11) is 0.815. The number of aryl methyl sites for hydroxylation is 1. The normalized spacial score (nSPS) is 11.3. The highest BCUT2D eigenvalue weighted by Gasteiger charge is 2.09. The predicted molar refractivity (Wildman–Crippen MR) is 90.7 cm³/mol. The fourth-order valence-electron chi connectivity index (χ4n) is 1.91. The second kappa shape index (κ2) is 6.82. The second-order valence-electron chi connectivity index (χ2n) is 5.49. The number of hydrogen-bond acceptors (Lipinski definition) is 5. The molecule has 2 rings (SSSR count). The lowest BCUT2D eigenvalue weighted by Gasteiger charge is -2.12. The van der Waals surface area contributed by atoms with Crippen LogP contribution >= 0.6 is 0 Å². The lowest BCUT2D eigenvalue weighted by molar-refractivity contribution is 0.102. The largest absolute Gasteiger partial charge is 0.378 e. The molecule has 0 saturated heterocycles. The Labute approximate surface area is 135 Å². The average molecular weight is 336 g/mol. The Hall–Kier alpha value is -2.35. The first-order valence-electron chi connectivity index (χ1n) is 7.04. The van der Waals surface area contributed by atoms with Gasteiger partial charge in [0.15, 0.2) is 5.82 Å². The minimum absolute atomic E-state index is 0.00800. The van der Waals surface area contributed by atoms with E-state index in [-0.39, 0.29) is 18.2 Å². The third kappa shape index (κ3) is 5.10. The Kier molecular flexibility index (Phi) is 5.05. The lowest BCUT2D eigenvalue weighted by atomic mass is 10.2. The van der Waals surface area contributed by atoms with Gasteiger partial charge in [0.1, 0.15) is 9.84 Å². The highest BCUT2D eigenvalue weighted by Crippen LogP contribution is 2.13. The smallest absolute Gasteiger partial charge is 0.256 e. The van der Waals surface area contributed by atoms with E-state index in [0.29, 0.717) is 11.4 Å². The molecule has 1 aromatic carbocycles. The maximum absolute atomic E-state index is 12.2. The van der Waals surface area contributed by atoms with Crippen LogP contribution in [0, 0.1) is 0 Å². The first-order chi connectivity index (χ1) is 10.7. The standard InChI is InChI=1S/C15H20N4O3S/c1-18(2)13-6-4-12(5-7-13)15(20)16-14-8-9-19(17-14)10-11-23(3,21)22/h4-9H,10-11H2,1-3H3,(H,16,17,20). The van der Waals surface area contributed by atoms with Crippen molar-refractivity contribution in [3.8, 4) is 0 Å². The minimum Gasteiger partial charge on any atom is -0.378 e. The van der Waals surface area contributed by atoms with E-state index in [0.717, 1.165) is 5.69 Å². The number of nitrogens with zero attached hydrogens (tertiary/aromatic N) is 3. The fraction of sp³-hybridized carbons (Fsp3) is 0.333. The summed E-state index contributed by atoms with van der Waals surface area (Å²) in [4.78, 5) is 14.1. The van der Waals surface area contributed by atoms with E-state index in [4.69, 9.17) is 0 Å². The first-order valence-corrected chi connectivity index (χ1v) is 9.10. The highest BCUT2D eigenvalue weighted by atomic mass is 32.2. The predicted octanol–water partition coefficient (Wildman–Crippen LogP) is 1.25. The van der Waals surface area contributed by atoms with Crippen molar-refractivity contribution in [1.82, 2.24) is 9.78 Å². The molecule has 1 aromatic heterocycles.